The van der Waals surface area contributed by atoms with Crippen molar-refractivity contribution in [3.8, 4) is 0 Å². The zero-order chi connectivity index (χ0) is 12.3. The highest BCUT2D eigenvalue weighted by atomic mass is 32.2. The number of hydrogen-bond acceptors (Lipinski definition) is 5. The first-order valence-electron chi connectivity index (χ1n) is 6.13. The SMILES string of the molecule is CCS(=O)C1CCCC(Nc2nc(C)ns2)C1. The van der Waals surface area contributed by atoms with E-state index in [4.69, 9.17) is 0 Å². The van der Waals surface area contributed by atoms with E-state index in [9.17, 15) is 4.21 Å². The first-order chi connectivity index (χ1) is 8.19. The molecule has 1 aromatic rings. The molecule has 6 heteroatoms. The lowest BCUT2D eigenvalue weighted by Gasteiger charge is -2.28. The molecular formula is C11H19N3OS2. The van der Waals surface area contributed by atoms with Crippen LogP contribution in [0.15, 0.2) is 0 Å². The van der Waals surface area contributed by atoms with E-state index in [1.54, 1.807) is 0 Å². The Morgan fingerprint density at radius 1 is 1.53 bits per heavy atom. The van der Waals surface area contributed by atoms with Crippen LogP contribution in [0.3, 0.4) is 0 Å². The third kappa shape index (κ3) is 3.48. The molecule has 0 aromatic carbocycles. The third-order valence-corrected chi connectivity index (χ3v) is 5.62. The molecule has 1 saturated carbocycles. The highest BCUT2D eigenvalue weighted by Gasteiger charge is 2.25. The normalized spacial score (nSPS) is 26.7. The predicted octanol–water partition coefficient (Wildman–Crippen LogP) is 2.34. The largest absolute Gasteiger partial charge is 0.358 e. The molecule has 1 aliphatic rings. The number of nitrogens with one attached hydrogen (secondary N) is 1. The van der Waals surface area contributed by atoms with Crippen LogP contribution in [0.5, 0.6) is 0 Å². The van der Waals surface area contributed by atoms with Crippen molar-refractivity contribution in [1.29, 1.82) is 0 Å². The van der Waals surface area contributed by atoms with E-state index in [2.05, 4.69) is 14.7 Å². The molecule has 17 heavy (non-hydrogen) atoms. The summed E-state index contributed by atoms with van der Waals surface area (Å²) in [6.07, 6.45) is 4.41. The number of aryl methyl sites for hydroxylation is 1. The molecule has 1 aliphatic carbocycles. The summed E-state index contributed by atoms with van der Waals surface area (Å²) in [4.78, 5) is 4.32. The minimum atomic E-state index is -0.660. The van der Waals surface area contributed by atoms with Crippen molar-refractivity contribution in [2.45, 2.75) is 50.8 Å². The number of anilines is 1. The Morgan fingerprint density at radius 3 is 3.00 bits per heavy atom. The van der Waals surface area contributed by atoms with E-state index >= 15 is 0 Å². The Balaban J connectivity index is 1.91. The van der Waals surface area contributed by atoms with Gasteiger partial charge < -0.3 is 5.32 Å². The highest BCUT2D eigenvalue weighted by Crippen LogP contribution is 2.26. The van der Waals surface area contributed by atoms with Crippen molar-refractivity contribution < 1.29 is 4.21 Å². The van der Waals surface area contributed by atoms with E-state index in [0.717, 1.165) is 42.4 Å². The Bertz CT molecular complexity index is 394. The molecule has 4 nitrogen and oxygen atoms in total. The van der Waals surface area contributed by atoms with Gasteiger partial charge in [0.2, 0.25) is 5.13 Å². The van der Waals surface area contributed by atoms with Crippen LogP contribution >= 0.6 is 11.5 Å². The smallest absolute Gasteiger partial charge is 0.202 e. The first kappa shape index (κ1) is 13.0. The zero-order valence-electron chi connectivity index (χ0n) is 10.3. The summed E-state index contributed by atoms with van der Waals surface area (Å²) in [6, 6.07) is 0.414. The maximum absolute atomic E-state index is 11.8. The second kappa shape index (κ2) is 5.91. The molecule has 0 spiro atoms. The van der Waals surface area contributed by atoms with Crippen LogP contribution in [-0.4, -0.2) is 30.6 Å². The van der Waals surface area contributed by atoms with E-state index in [1.807, 2.05) is 13.8 Å². The van der Waals surface area contributed by atoms with Crippen LogP contribution in [0, 0.1) is 6.92 Å². The third-order valence-electron chi connectivity index (χ3n) is 3.14. The van der Waals surface area contributed by atoms with Crippen molar-refractivity contribution in [3.63, 3.8) is 0 Å². The monoisotopic (exact) mass is 273 g/mol. The van der Waals surface area contributed by atoms with Crippen LogP contribution in [0.4, 0.5) is 5.13 Å². The molecule has 2 rings (SSSR count). The van der Waals surface area contributed by atoms with Crippen molar-refractivity contribution in [3.05, 3.63) is 5.82 Å². The van der Waals surface area contributed by atoms with E-state index < -0.39 is 10.8 Å². The molecule has 1 aromatic heterocycles. The molecule has 3 atom stereocenters. The number of hydrogen-bond donors (Lipinski definition) is 1. The van der Waals surface area contributed by atoms with Crippen LogP contribution in [0.1, 0.15) is 38.4 Å². The van der Waals surface area contributed by atoms with Gasteiger partial charge in [-0.25, -0.2) is 4.98 Å². The summed E-state index contributed by atoms with van der Waals surface area (Å²) in [7, 11) is -0.660. The number of aromatic nitrogens is 2. The lowest BCUT2D eigenvalue weighted by atomic mass is 9.95. The van der Waals surface area contributed by atoms with Gasteiger partial charge in [-0.3, -0.25) is 4.21 Å². The van der Waals surface area contributed by atoms with Gasteiger partial charge in [-0.2, -0.15) is 4.37 Å². The zero-order valence-corrected chi connectivity index (χ0v) is 11.9. The standard InChI is InChI=1S/C11H19N3OS2/c1-3-17(15)10-6-4-5-9(7-10)13-11-12-8(2)14-16-11/h9-10H,3-7H2,1-2H3,(H,12,13,14). The Morgan fingerprint density at radius 2 is 2.35 bits per heavy atom. The summed E-state index contributed by atoms with van der Waals surface area (Å²) < 4.78 is 16.0. The molecular weight excluding hydrogens is 254 g/mol. The molecule has 1 heterocycles. The Hall–Kier alpha value is -0.490. The molecule has 0 aliphatic heterocycles. The van der Waals surface area contributed by atoms with Gasteiger partial charge in [0.1, 0.15) is 5.82 Å². The quantitative estimate of drug-likeness (QED) is 0.915. The van der Waals surface area contributed by atoms with E-state index in [1.165, 1.54) is 11.5 Å². The summed E-state index contributed by atoms with van der Waals surface area (Å²) in [6.45, 7) is 3.90. The molecule has 0 saturated heterocycles. The van der Waals surface area contributed by atoms with Crippen molar-refractivity contribution in [2.75, 3.05) is 11.1 Å². The lowest BCUT2D eigenvalue weighted by molar-refractivity contribution is 0.465. The maximum Gasteiger partial charge on any atom is 0.202 e. The van der Waals surface area contributed by atoms with Crippen LogP contribution in [-0.2, 0) is 10.8 Å². The first-order valence-corrected chi connectivity index (χ1v) is 8.28. The van der Waals surface area contributed by atoms with Crippen LogP contribution < -0.4 is 5.32 Å². The van der Waals surface area contributed by atoms with Gasteiger partial charge in [0.15, 0.2) is 0 Å². The maximum atomic E-state index is 11.8. The van der Waals surface area contributed by atoms with Gasteiger partial charge in [-0.05, 0) is 26.2 Å². The predicted molar refractivity (Wildman–Crippen MR) is 73.0 cm³/mol. The summed E-state index contributed by atoms with van der Waals surface area (Å²) in [5.41, 5.74) is 0. The molecule has 1 fully saturated rings. The van der Waals surface area contributed by atoms with Gasteiger partial charge >= 0.3 is 0 Å². The second-order valence-electron chi connectivity index (χ2n) is 4.45. The van der Waals surface area contributed by atoms with Gasteiger partial charge in [0.05, 0.1) is 0 Å². The summed E-state index contributed by atoms with van der Waals surface area (Å²) in [5, 5.41) is 4.68. The number of nitrogens with zero attached hydrogens (tertiary/aromatic N) is 2. The van der Waals surface area contributed by atoms with Crippen LogP contribution in [0.2, 0.25) is 0 Å². The minimum Gasteiger partial charge on any atom is -0.358 e. The van der Waals surface area contributed by atoms with Gasteiger partial charge in [-0.1, -0.05) is 13.3 Å². The van der Waals surface area contributed by atoms with Crippen LogP contribution in [0.25, 0.3) is 0 Å². The fourth-order valence-electron chi connectivity index (χ4n) is 2.28. The van der Waals surface area contributed by atoms with Gasteiger partial charge in [-0.15, -0.1) is 0 Å². The van der Waals surface area contributed by atoms with Crippen molar-refractivity contribution >= 4 is 27.5 Å². The average Bonchev–Trinajstić information content (AvgIpc) is 2.74. The minimum absolute atomic E-state index is 0.361. The van der Waals surface area contributed by atoms with Gasteiger partial charge in [0, 0.05) is 39.4 Å². The highest BCUT2D eigenvalue weighted by molar-refractivity contribution is 7.85. The fourth-order valence-corrected chi connectivity index (χ4v) is 4.28. The summed E-state index contributed by atoms with van der Waals surface area (Å²) >= 11 is 1.41. The second-order valence-corrected chi connectivity index (χ2v) is 7.20. The topological polar surface area (TPSA) is 54.9 Å². The molecule has 0 bridgehead atoms. The Kier molecular flexibility index (Phi) is 4.50. The van der Waals surface area contributed by atoms with E-state index in [-0.39, 0.29) is 0 Å². The molecule has 0 amide bonds. The fraction of sp³-hybridized carbons (Fsp3) is 0.818. The molecule has 1 N–H and O–H groups in total. The number of rotatable bonds is 4. The Labute approximate surface area is 109 Å². The van der Waals surface area contributed by atoms with Crippen molar-refractivity contribution in [1.82, 2.24) is 9.36 Å². The molecule has 96 valence electrons. The molecule has 0 radical (unpaired) electrons. The average molecular weight is 273 g/mol. The molecule has 3 unspecified atom stereocenters. The lowest BCUT2D eigenvalue weighted by Crippen LogP contribution is -2.32. The summed E-state index contributed by atoms with van der Waals surface area (Å²) in [5.74, 6) is 1.59. The van der Waals surface area contributed by atoms with Crippen molar-refractivity contribution in [2.24, 2.45) is 0 Å². The van der Waals surface area contributed by atoms with Gasteiger partial charge in [0.25, 0.3) is 0 Å². The van der Waals surface area contributed by atoms with E-state index in [0.29, 0.717) is 11.3 Å².